The summed E-state index contributed by atoms with van der Waals surface area (Å²) in [5, 5.41) is 1.45. The monoisotopic (exact) mass is 518 g/mol. The van der Waals surface area contributed by atoms with Gasteiger partial charge in [0.2, 0.25) is 0 Å². The Labute approximate surface area is 196 Å². The second-order valence-electron chi connectivity index (χ2n) is 6.02. The van der Waals surface area contributed by atoms with Crippen LogP contribution in [0.4, 0.5) is 5.69 Å². The number of hydrogen-bond acceptors (Lipinski definition) is 5. The molecule has 0 spiro atoms. The molecule has 0 unspecified atom stereocenters. The zero-order valence-electron chi connectivity index (χ0n) is 14.7. The second-order valence-corrected chi connectivity index (χ2v) is 10.4. The van der Waals surface area contributed by atoms with Crippen LogP contribution in [0.1, 0.15) is 0 Å². The number of thiazole rings is 1. The molecule has 0 saturated heterocycles. The predicted octanol–water partition coefficient (Wildman–Crippen LogP) is 7.50. The fraction of sp³-hybridized carbons (Fsp3) is 0. The molecule has 1 N–H and O–H groups in total. The maximum Gasteiger partial charge on any atom is 0.279 e. The number of nitrogens with zero attached hydrogens (tertiary/aromatic N) is 1. The van der Waals surface area contributed by atoms with Crippen LogP contribution in [-0.4, -0.2) is 13.4 Å². The van der Waals surface area contributed by atoms with Gasteiger partial charge in [0.05, 0.1) is 20.4 Å². The lowest BCUT2D eigenvalue weighted by Crippen LogP contribution is -2.13. The van der Waals surface area contributed by atoms with Crippen molar-refractivity contribution in [2.75, 3.05) is 4.72 Å². The molecule has 1 aromatic heterocycles. The largest absolute Gasteiger partial charge is 0.431 e. The van der Waals surface area contributed by atoms with E-state index in [1.807, 2.05) is 12.1 Å². The van der Waals surface area contributed by atoms with E-state index in [2.05, 4.69) is 9.71 Å². The number of fused-ring (bicyclic) bond motifs is 1. The van der Waals surface area contributed by atoms with Crippen molar-refractivity contribution in [3.63, 3.8) is 0 Å². The number of hydrogen-bond donors (Lipinski definition) is 1. The topological polar surface area (TPSA) is 68.3 Å². The molecule has 30 heavy (non-hydrogen) atoms. The van der Waals surface area contributed by atoms with Crippen LogP contribution in [0.5, 0.6) is 10.9 Å². The molecule has 0 saturated carbocycles. The minimum Gasteiger partial charge on any atom is -0.431 e. The Hall–Kier alpha value is -1.74. The lowest BCUT2D eigenvalue weighted by Gasteiger charge is -2.11. The van der Waals surface area contributed by atoms with Crippen LogP contribution in [0.15, 0.2) is 59.5 Å². The molecule has 0 aliphatic heterocycles. The summed E-state index contributed by atoms with van der Waals surface area (Å²) in [5.41, 5.74) is 0.821. The van der Waals surface area contributed by atoms with Gasteiger partial charge in [-0.15, -0.1) is 0 Å². The van der Waals surface area contributed by atoms with Crippen molar-refractivity contribution in [3.05, 3.63) is 74.7 Å². The first-order valence-corrected chi connectivity index (χ1v) is 12.0. The van der Waals surface area contributed by atoms with E-state index in [-0.39, 0.29) is 20.6 Å². The minimum absolute atomic E-state index is 0.000133. The average molecular weight is 520 g/mol. The molecule has 0 bridgehead atoms. The lowest BCUT2D eigenvalue weighted by molar-refractivity contribution is 0.480. The van der Waals surface area contributed by atoms with Gasteiger partial charge in [0.25, 0.3) is 15.2 Å². The zero-order chi connectivity index (χ0) is 21.5. The molecule has 4 rings (SSSR count). The van der Waals surface area contributed by atoms with Crippen molar-refractivity contribution >= 4 is 83.7 Å². The Bertz CT molecular complexity index is 1370. The molecule has 0 aliphatic rings. The standard InChI is InChI=1S/C19H10Cl4N2O3S2/c20-10-4-5-17(15(23)8-10)30(26,27)25-12-6-11(21)7-13(9-12)28-19-24-18-14(22)2-1-3-16(18)29-19/h1-9,25H. The summed E-state index contributed by atoms with van der Waals surface area (Å²) in [6.45, 7) is 0. The van der Waals surface area contributed by atoms with Crippen LogP contribution >= 0.6 is 57.7 Å². The molecule has 0 amide bonds. The quantitative estimate of drug-likeness (QED) is 0.296. The number of anilines is 1. The van der Waals surface area contributed by atoms with E-state index in [0.717, 1.165) is 4.70 Å². The van der Waals surface area contributed by atoms with Crippen molar-refractivity contribution in [1.29, 1.82) is 0 Å². The van der Waals surface area contributed by atoms with Crippen LogP contribution in [0.3, 0.4) is 0 Å². The highest BCUT2D eigenvalue weighted by Crippen LogP contribution is 2.36. The Morgan fingerprint density at radius 2 is 1.70 bits per heavy atom. The first kappa shape index (κ1) is 21.5. The first-order chi connectivity index (χ1) is 14.2. The number of ether oxygens (including phenoxy) is 1. The van der Waals surface area contributed by atoms with E-state index in [4.69, 9.17) is 51.1 Å². The summed E-state index contributed by atoms with van der Waals surface area (Å²) in [7, 11) is -3.98. The van der Waals surface area contributed by atoms with Crippen molar-refractivity contribution in [1.82, 2.24) is 4.98 Å². The summed E-state index contributed by atoms with van der Waals surface area (Å²) in [5.74, 6) is 0.303. The lowest BCUT2D eigenvalue weighted by atomic mass is 10.3. The van der Waals surface area contributed by atoms with Crippen molar-refractivity contribution < 1.29 is 13.2 Å². The first-order valence-electron chi connectivity index (χ1n) is 8.23. The molecule has 0 fully saturated rings. The van der Waals surface area contributed by atoms with Crippen LogP contribution < -0.4 is 9.46 Å². The van der Waals surface area contributed by atoms with Gasteiger partial charge in [-0.2, -0.15) is 0 Å². The van der Waals surface area contributed by atoms with Crippen molar-refractivity contribution in [2.24, 2.45) is 0 Å². The zero-order valence-corrected chi connectivity index (χ0v) is 19.4. The third kappa shape index (κ3) is 4.61. The van der Waals surface area contributed by atoms with Crippen molar-refractivity contribution in [2.45, 2.75) is 4.90 Å². The summed E-state index contributed by atoms with van der Waals surface area (Å²) in [4.78, 5) is 4.25. The smallest absolute Gasteiger partial charge is 0.279 e. The van der Waals surface area contributed by atoms with E-state index < -0.39 is 10.0 Å². The summed E-state index contributed by atoms with van der Waals surface area (Å²) >= 11 is 25.5. The maximum atomic E-state index is 12.7. The van der Waals surface area contributed by atoms with E-state index in [1.165, 1.54) is 41.7 Å². The Morgan fingerprint density at radius 1 is 0.900 bits per heavy atom. The van der Waals surface area contributed by atoms with Gasteiger partial charge in [-0.1, -0.05) is 63.8 Å². The molecule has 1 heterocycles. The molecule has 4 aromatic rings. The van der Waals surface area contributed by atoms with Gasteiger partial charge in [-0.3, -0.25) is 4.72 Å². The van der Waals surface area contributed by atoms with E-state index >= 15 is 0 Å². The van der Waals surface area contributed by atoms with Gasteiger partial charge in [-0.05, 0) is 42.5 Å². The molecule has 0 aliphatic carbocycles. The summed E-state index contributed by atoms with van der Waals surface area (Å²) in [6, 6.07) is 14.0. The van der Waals surface area contributed by atoms with Gasteiger partial charge < -0.3 is 4.74 Å². The van der Waals surface area contributed by atoms with E-state index in [1.54, 1.807) is 12.1 Å². The van der Waals surface area contributed by atoms with E-state index in [0.29, 0.717) is 26.5 Å². The predicted molar refractivity (Wildman–Crippen MR) is 123 cm³/mol. The molecule has 0 radical (unpaired) electrons. The van der Waals surface area contributed by atoms with Gasteiger partial charge in [0, 0.05) is 16.1 Å². The molecular formula is C19H10Cl4N2O3S2. The molecule has 5 nitrogen and oxygen atoms in total. The van der Waals surface area contributed by atoms with Gasteiger partial charge in [-0.25, -0.2) is 13.4 Å². The minimum atomic E-state index is -3.98. The van der Waals surface area contributed by atoms with Gasteiger partial charge >= 0.3 is 0 Å². The SMILES string of the molecule is O=S(=O)(Nc1cc(Cl)cc(Oc2nc3c(Cl)cccc3s2)c1)c1ccc(Cl)cc1Cl. The number of halogens is 4. The number of benzene rings is 3. The highest BCUT2D eigenvalue weighted by atomic mass is 35.5. The number of para-hydroxylation sites is 1. The molecule has 3 aromatic carbocycles. The Kier molecular flexibility index (Phi) is 6.03. The third-order valence-corrected chi connectivity index (χ3v) is 7.38. The summed E-state index contributed by atoms with van der Waals surface area (Å²) in [6.07, 6.45) is 0. The van der Waals surface area contributed by atoms with Crippen LogP contribution in [0.25, 0.3) is 10.2 Å². The van der Waals surface area contributed by atoms with Gasteiger partial charge in [0.15, 0.2) is 0 Å². The van der Waals surface area contributed by atoms with E-state index in [9.17, 15) is 8.42 Å². The number of nitrogens with one attached hydrogen (secondary N) is 1. The second kappa shape index (κ2) is 8.42. The third-order valence-electron chi connectivity index (χ3n) is 3.86. The molecule has 11 heteroatoms. The van der Waals surface area contributed by atoms with Crippen molar-refractivity contribution in [3.8, 4) is 10.9 Å². The highest BCUT2D eigenvalue weighted by Gasteiger charge is 2.19. The number of aromatic nitrogens is 1. The number of rotatable bonds is 5. The molecule has 154 valence electrons. The van der Waals surface area contributed by atoms with Gasteiger partial charge in [0.1, 0.15) is 16.2 Å². The Morgan fingerprint density at radius 3 is 2.43 bits per heavy atom. The number of sulfonamides is 1. The normalized spacial score (nSPS) is 11.6. The molecule has 0 atom stereocenters. The Balaban J connectivity index is 1.63. The highest BCUT2D eigenvalue weighted by molar-refractivity contribution is 7.92. The average Bonchev–Trinajstić information content (AvgIpc) is 3.04. The maximum absolute atomic E-state index is 12.7. The van der Waals surface area contributed by atoms with Crippen LogP contribution in [-0.2, 0) is 10.0 Å². The fourth-order valence-corrected chi connectivity index (χ4v) is 5.80. The molecular weight excluding hydrogens is 510 g/mol. The fourth-order valence-electron chi connectivity index (χ4n) is 2.62. The van der Waals surface area contributed by atoms with Crippen LogP contribution in [0.2, 0.25) is 20.1 Å². The summed E-state index contributed by atoms with van der Waals surface area (Å²) < 4.78 is 34.5. The van der Waals surface area contributed by atoms with Crippen LogP contribution in [0, 0.1) is 0 Å².